The normalized spacial score (nSPS) is 13.7. The monoisotopic (exact) mass is 841 g/mol. The Morgan fingerprint density at radius 2 is 0.939 bits per heavy atom. The molecule has 0 unspecified atom stereocenters. The highest BCUT2D eigenvalue weighted by Crippen LogP contribution is 2.64. The van der Waals surface area contributed by atoms with Crippen molar-refractivity contribution in [1.82, 2.24) is 0 Å². The molecule has 10 aromatic carbocycles. The zero-order valence-corrected chi connectivity index (χ0v) is 36.3. The van der Waals surface area contributed by atoms with Gasteiger partial charge in [0, 0.05) is 27.7 Å². The number of aryl methyl sites for hydroxylation is 1. The summed E-state index contributed by atoms with van der Waals surface area (Å²) in [6, 6.07) is 83.5. The van der Waals surface area contributed by atoms with Crippen LogP contribution >= 0.6 is 0 Å². The Kier molecular flexibility index (Phi) is 8.12. The highest BCUT2D eigenvalue weighted by Gasteiger charge is 2.52. The van der Waals surface area contributed by atoms with Crippen molar-refractivity contribution in [2.45, 2.75) is 24.7 Å². The van der Waals surface area contributed by atoms with Crippen LogP contribution in [-0.2, 0) is 18.3 Å². The largest absolute Gasteiger partial charge is 0.456 e. The molecule has 1 spiro atoms. The summed E-state index contributed by atoms with van der Waals surface area (Å²) in [7, 11) is 0. The molecule has 3 aliphatic carbocycles. The number of nitrogens with zero attached hydrogens (tertiary/aromatic N) is 1. The Morgan fingerprint density at radius 1 is 0.348 bits per heavy atom. The highest BCUT2D eigenvalue weighted by atomic mass is 16.3. The second-order valence-electron chi connectivity index (χ2n) is 18.2. The predicted molar refractivity (Wildman–Crippen MR) is 273 cm³/mol. The molecule has 0 aliphatic heterocycles. The minimum Gasteiger partial charge on any atom is -0.456 e. The van der Waals surface area contributed by atoms with Crippen LogP contribution in [0.2, 0.25) is 0 Å². The van der Waals surface area contributed by atoms with E-state index >= 15 is 0 Å². The quantitative estimate of drug-likeness (QED) is 0.166. The summed E-state index contributed by atoms with van der Waals surface area (Å²) in [6.45, 7) is 0. The molecule has 0 saturated carbocycles. The molecule has 2 heteroatoms. The number of benzene rings is 10. The summed E-state index contributed by atoms with van der Waals surface area (Å²) in [5.41, 5.74) is 25.4. The van der Waals surface area contributed by atoms with E-state index in [0.29, 0.717) is 0 Å². The standard InChI is InChI=1S/C64H43NO/c1-2-15-41(16-3-1)42-31-34-46(35-32-42)65(47-20-12-19-44(37-47)45-33-36-54-53-24-7-11-30-62(53)66-63(54)38-45)61-40-60-55(39-56(61)49-26-14-18-43-17-13-25-48(43)49)52-23-6-10-29-59(52)64(60)57-27-8-4-21-50(57)51-22-5-9-28-58(51)64/h1-12,14-16,18-24,26-40H,13,17,25H2. The molecule has 14 rings (SSSR count). The van der Waals surface area contributed by atoms with E-state index in [0.717, 1.165) is 57.3 Å². The molecule has 310 valence electrons. The lowest BCUT2D eigenvalue weighted by Gasteiger charge is -2.33. The number of hydrogen-bond acceptors (Lipinski definition) is 2. The van der Waals surface area contributed by atoms with Crippen molar-refractivity contribution >= 4 is 39.0 Å². The van der Waals surface area contributed by atoms with E-state index in [2.05, 4.69) is 223 Å². The van der Waals surface area contributed by atoms with Gasteiger partial charge in [0.05, 0.1) is 11.1 Å². The maximum atomic E-state index is 6.43. The van der Waals surface area contributed by atoms with Crippen LogP contribution in [0.25, 0.3) is 77.6 Å². The second-order valence-corrected chi connectivity index (χ2v) is 18.2. The van der Waals surface area contributed by atoms with Gasteiger partial charge in [0.15, 0.2) is 0 Å². The second kappa shape index (κ2) is 14.4. The van der Waals surface area contributed by atoms with Crippen molar-refractivity contribution < 1.29 is 4.42 Å². The molecule has 0 amide bonds. The van der Waals surface area contributed by atoms with Crippen LogP contribution in [-0.4, -0.2) is 0 Å². The van der Waals surface area contributed by atoms with Crippen LogP contribution in [0.1, 0.15) is 39.8 Å². The van der Waals surface area contributed by atoms with Gasteiger partial charge in [-0.3, -0.25) is 0 Å². The molecule has 1 aromatic heterocycles. The first-order valence-corrected chi connectivity index (χ1v) is 23.3. The highest BCUT2D eigenvalue weighted by molar-refractivity contribution is 6.06. The van der Waals surface area contributed by atoms with Gasteiger partial charge in [0.1, 0.15) is 11.2 Å². The summed E-state index contributed by atoms with van der Waals surface area (Å²) in [5.74, 6) is 0. The number of anilines is 3. The summed E-state index contributed by atoms with van der Waals surface area (Å²) in [4.78, 5) is 2.53. The van der Waals surface area contributed by atoms with E-state index in [9.17, 15) is 0 Å². The fraction of sp³-hybridized carbons (Fsp3) is 0.0625. The van der Waals surface area contributed by atoms with Gasteiger partial charge in [-0.25, -0.2) is 0 Å². The molecule has 0 saturated heterocycles. The van der Waals surface area contributed by atoms with Crippen molar-refractivity contribution in [2.24, 2.45) is 0 Å². The molecular formula is C64H43NO. The lowest BCUT2D eigenvalue weighted by atomic mass is 9.70. The maximum Gasteiger partial charge on any atom is 0.136 e. The third kappa shape index (κ3) is 5.36. The number of rotatable bonds is 6. The fourth-order valence-corrected chi connectivity index (χ4v) is 12.0. The van der Waals surface area contributed by atoms with Crippen LogP contribution < -0.4 is 4.90 Å². The summed E-state index contributed by atoms with van der Waals surface area (Å²) in [6.07, 6.45) is 3.37. The van der Waals surface area contributed by atoms with E-state index in [1.54, 1.807) is 0 Å². The van der Waals surface area contributed by atoms with Gasteiger partial charge in [-0.15, -0.1) is 0 Å². The van der Waals surface area contributed by atoms with Crippen molar-refractivity contribution in [2.75, 3.05) is 4.90 Å². The van der Waals surface area contributed by atoms with Gasteiger partial charge in [-0.2, -0.15) is 0 Å². The molecule has 11 aromatic rings. The molecule has 66 heavy (non-hydrogen) atoms. The van der Waals surface area contributed by atoms with Crippen molar-refractivity contribution in [3.05, 3.63) is 258 Å². The Balaban J connectivity index is 1.06. The summed E-state index contributed by atoms with van der Waals surface area (Å²) >= 11 is 0. The van der Waals surface area contributed by atoms with Gasteiger partial charge in [0.2, 0.25) is 0 Å². The summed E-state index contributed by atoms with van der Waals surface area (Å²) in [5, 5.41) is 2.27. The van der Waals surface area contributed by atoms with Gasteiger partial charge in [-0.1, -0.05) is 170 Å². The lowest BCUT2D eigenvalue weighted by molar-refractivity contribution is 0.669. The van der Waals surface area contributed by atoms with Crippen LogP contribution in [0, 0.1) is 0 Å². The number of hydrogen-bond donors (Lipinski definition) is 0. The Hall–Kier alpha value is -8.20. The van der Waals surface area contributed by atoms with E-state index in [1.807, 2.05) is 6.07 Å². The van der Waals surface area contributed by atoms with Gasteiger partial charge in [0.25, 0.3) is 0 Å². The first kappa shape index (κ1) is 37.2. The number of fused-ring (bicyclic) bond motifs is 14. The Labute approximate surface area is 384 Å². The Bertz CT molecular complexity index is 3700. The molecule has 3 aliphatic rings. The Morgan fingerprint density at radius 3 is 1.71 bits per heavy atom. The number of para-hydroxylation sites is 1. The van der Waals surface area contributed by atoms with Crippen LogP contribution in [0.3, 0.4) is 0 Å². The zero-order valence-electron chi connectivity index (χ0n) is 36.3. The minimum atomic E-state index is -0.488. The molecule has 0 atom stereocenters. The van der Waals surface area contributed by atoms with E-state index in [1.165, 1.54) is 90.0 Å². The van der Waals surface area contributed by atoms with Crippen molar-refractivity contribution in [1.29, 1.82) is 0 Å². The topological polar surface area (TPSA) is 16.4 Å². The third-order valence-corrected chi connectivity index (χ3v) is 14.8. The SMILES string of the molecule is c1ccc(-c2ccc(N(c3cccc(-c4ccc5c(c4)oc4ccccc45)c3)c3cc4c(cc3-c3cccc5c3CCC5)-c3ccccc3C43c4ccccc4-c4ccccc43)cc2)cc1. The van der Waals surface area contributed by atoms with E-state index in [4.69, 9.17) is 4.42 Å². The average molecular weight is 842 g/mol. The number of furan rings is 1. The van der Waals surface area contributed by atoms with E-state index in [-0.39, 0.29) is 0 Å². The van der Waals surface area contributed by atoms with E-state index < -0.39 is 5.41 Å². The summed E-state index contributed by atoms with van der Waals surface area (Å²) < 4.78 is 6.43. The predicted octanol–water partition coefficient (Wildman–Crippen LogP) is 16.9. The van der Waals surface area contributed by atoms with Crippen molar-refractivity contribution in [3.8, 4) is 55.6 Å². The van der Waals surface area contributed by atoms with Crippen LogP contribution in [0.15, 0.2) is 229 Å². The average Bonchev–Trinajstić information content (AvgIpc) is 4.16. The molecule has 1 heterocycles. The smallest absolute Gasteiger partial charge is 0.136 e. The lowest BCUT2D eigenvalue weighted by Crippen LogP contribution is -2.26. The first-order valence-electron chi connectivity index (χ1n) is 23.3. The molecular weight excluding hydrogens is 799 g/mol. The molecule has 0 fully saturated rings. The van der Waals surface area contributed by atoms with Crippen molar-refractivity contribution in [3.63, 3.8) is 0 Å². The molecule has 2 nitrogen and oxygen atoms in total. The zero-order chi connectivity index (χ0) is 43.3. The molecule has 0 bridgehead atoms. The first-order chi connectivity index (χ1) is 32.7. The van der Waals surface area contributed by atoms with Crippen LogP contribution in [0.4, 0.5) is 17.1 Å². The molecule has 0 N–H and O–H groups in total. The molecule has 0 radical (unpaired) electrons. The minimum absolute atomic E-state index is 0.488. The van der Waals surface area contributed by atoms with Gasteiger partial charge >= 0.3 is 0 Å². The fourth-order valence-electron chi connectivity index (χ4n) is 12.0. The van der Waals surface area contributed by atoms with Gasteiger partial charge < -0.3 is 9.32 Å². The third-order valence-electron chi connectivity index (χ3n) is 14.8. The maximum absolute atomic E-state index is 6.43. The van der Waals surface area contributed by atoms with Gasteiger partial charge in [-0.05, 0) is 157 Å². The van der Waals surface area contributed by atoms with Crippen LogP contribution in [0.5, 0.6) is 0 Å².